The molecule has 0 heterocycles. The highest BCUT2D eigenvalue weighted by Crippen LogP contribution is 2.01. The van der Waals surface area contributed by atoms with Crippen LogP contribution in [0, 0.1) is 0 Å². The summed E-state index contributed by atoms with van der Waals surface area (Å²) in [6.45, 7) is 4.25. The Morgan fingerprint density at radius 1 is 1.50 bits per heavy atom. The van der Waals surface area contributed by atoms with Crippen molar-refractivity contribution in [3.05, 3.63) is 0 Å². The van der Waals surface area contributed by atoms with E-state index < -0.39 is 0 Å². The van der Waals surface area contributed by atoms with E-state index >= 15 is 0 Å². The first-order valence-corrected chi connectivity index (χ1v) is 5.92. The Morgan fingerprint density at radius 3 is 2.58 bits per heavy atom. The molecule has 1 N–H and O–H groups in total. The van der Waals surface area contributed by atoms with Gasteiger partial charge < -0.3 is 5.32 Å². The maximum Gasteiger partial charge on any atom is 0.230 e. The number of hydrogen-bond donors (Lipinski definition) is 1. The van der Waals surface area contributed by atoms with Gasteiger partial charge in [-0.15, -0.1) is 0 Å². The minimum Gasteiger partial charge on any atom is -0.353 e. The second-order valence-electron chi connectivity index (χ2n) is 2.89. The summed E-state index contributed by atoms with van der Waals surface area (Å²) < 4.78 is 0. The fourth-order valence-corrected chi connectivity index (χ4v) is 1.47. The van der Waals surface area contributed by atoms with Crippen molar-refractivity contribution in [3.8, 4) is 0 Å². The minimum absolute atomic E-state index is 0.169. The molecule has 0 fully saturated rings. The van der Waals surface area contributed by atoms with Crippen LogP contribution in [-0.2, 0) is 4.79 Å². The predicted molar refractivity (Wildman–Crippen MR) is 55.5 cm³/mol. The molecule has 0 aromatic heterocycles. The predicted octanol–water partition coefficient (Wildman–Crippen LogP) is 2.04. The minimum atomic E-state index is 0.169. The van der Waals surface area contributed by atoms with Crippen molar-refractivity contribution in [3.63, 3.8) is 0 Å². The molecular weight excluding hydrogens is 170 g/mol. The van der Waals surface area contributed by atoms with E-state index in [1.807, 2.05) is 6.26 Å². The molecule has 0 spiro atoms. The number of rotatable bonds is 6. The van der Waals surface area contributed by atoms with E-state index in [1.165, 1.54) is 0 Å². The fourth-order valence-electron chi connectivity index (χ4n) is 1.13. The molecule has 1 amide bonds. The Balaban J connectivity index is 3.61. The molecule has 0 saturated carbocycles. The zero-order chi connectivity index (χ0) is 9.40. The molecule has 2 nitrogen and oxygen atoms in total. The van der Waals surface area contributed by atoms with Crippen LogP contribution in [0.3, 0.4) is 0 Å². The largest absolute Gasteiger partial charge is 0.353 e. The maximum absolute atomic E-state index is 11.2. The zero-order valence-electron chi connectivity index (χ0n) is 8.22. The molecule has 0 radical (unpaired) electrons. The van der Waals surface area contributed by atoms with Crippen LogP contribution in [0.15, 0.2) is 0 Å². The van der Waals surface area contributed by atoms with Crippen LogP contribution in [-0.4, -0.2) is 24.0 Å². The van der Waals surface area contributed by atoms with Crippen molar-refractivity contribution in [2.24, 2.45) is 0 Å². The van der Waals surface area contributed by atoms with Crippen molar-refractivity contribution in [2.75, 3.05) is 12.0 Å². The maximum atomic E-state index is 11.2. The van der Waals surface area contributed by atoms with Crippen LogP contribution in [0.4, 0.5) is 0 Å². The molecule has 0 aliphatic heterocycles. The van der Waals surface area contributed by atoms with Gasteiger partial charge in [-0.05, 0) is 19.1 Å². The molecular formula is C9H19NOS. The van der Waals surface area contributed by atoms with Crippen LogP contribution in [0.5, 0.6) is 0 Å². The van der Waals surface area contributed by atoms with Crippen molar-refractivity contribution < 1.29 is 4.79 Å². The average molecular weight is 189 g/mol. The molecule has 72 valence electrons. The van der Waals surface area contributed by atoms with Gasteiger partial charge >= 0.3 is 0 Å². The standard InChI is InChI=1S/C9H19NOS/c1-4-6-8(5-2)10-9(11)7-12-3/h8H,4-7H2,1-3H3,(H,10,11). The number of thioether (sulfide) groups is 1. The lowest BCUT2D eigenvalue weighted by Gasteiger charge is -2.15. The Morgan fingerprint density at radius 2 is 2.17 bits per heavy atom. The van der Waals surface area contributed by atoms with E-state index in [2.05, 4.69) is 19.2 Å². The average Bonchev–Trinajstić information content (AvgIpc) is 2.04. The summed E-state index contributed by atoms with van der Waals surface area (Å²) in [5.41, 5.74) is 0. The smallest absolute Gasteiger partial charge is 0.230 e. The molecule has 0 saturated heterocycles. The number of hydrogen-bond acceptors (Lipinski definition) is 2. The fraction of sp³-hybridized carbons (Fsp3) is 0.889. The summed E-state index contributed by atoms with van der Waals surface area (Å²) in [5.74, 6) is 0.753. The monoisotopic (exact) mass is 189 g/mol. The highest BCUT2D eigenvalue weighted by molar-refractivity contribution is 7.99. The SMILES string of the molecule is CCCC(CC)NC(=O)CSC. The van der Waals surface area contributed by atoms with Crippen molar-refractivity contribution >= 4 is 17.7 Å². The lowest BCUT2D eigenvalue weighted by molar-refractivity contribution is -0.119. The van der Waals surface area contributed by atoms with Gasteiger partial charge in [0, 0.05) is 6.04 Å². The third kappa shape index (κ3) is 5.47. The van der Waals surface area contributed by atoms with Gasteiger partial charge in [0.1, 0.15) is 0 Å². The first-order chi connectivity index (χ1) is 5.74. The van der Waals surface area contributed by atoms with Crippen molar-refractivity contribution in [1.82, 2.24) is 5.32 Å². The van der Waals surface area contributed by atoms with Crippen LogP contribution in [0.25, 0.3) is 0 Å². The number of carbonyl (C=O) groups is 1. The van der Waals surface area contributed by atoms with Gasteiger partial charge in [-0.2, -0.15) is 11.8 Å². The van der Waals surface area contributed by atoms with Crippen molar-refractivity contribution in [2.45, 2.75) is 39.2 Å². The third-order valence-electron chi connectivity index (χ3n) is 1.77. The van der Waals surface area contributed by atoms with Gasteiger partial charge in [-0.3, -0.25) is 4.79 Å². The number of carbonyl (C=O) groups excluding carboxylic acids is 1. The molecule has 1 atom stereocenters. The quantitative estimate of drug-likeness (QED) is 0.693. The van der Waals surface area contributed by atoms with Gasteiger partial charge in [0.15, 0.2) is 0 Å². The molecule has 12 heavy (non-hydrogen) atoms. The van der Waals surface area contributed by atoms with Gasteiger partial charge in [0.05, 0.1) is 5.75 Å². The molecule has 0 aromatic rings. The normalized spacial score (nSPS) is 12.6. The molecule has 1 unspecified atom stereocenters. The first-order valence-electron chi connectivity index (χ1n) is 4.52. The van der Waals surface area contributed by atoms with E-state index in [9.17, 15) is 4.79 Å². The zero-order valence-corrected chi connectivity index (χ0v) is 9.04. The number of nitrogens with one attached hydrogen (secondary N) is 1. The van der Waals surface area contributed by atoms with Gasteiger partial charge in [0.2, 0.25) is 5.91 Å². The van der Waals surface area contributed by atoms with Crippen molar-refractivity contribution in [1.29, 1.82) is 0 Å². The van der Waals surface area contributed by atoms with Crippen LogP contribution in [0.1, 0.15) is 33.1 Å². The molecule has 0 aliphatic carbocycles. The van der Waals surface area contributed by atoms with E-state index in [0.29, 0.717) is 11.8 Å². The van der Waals surface area contributed by atoms with Gasteiger partial charge in [-0.25, -0.2) is 0 Å². The molecule has 3 heteroatoms. The van der Waals surface area contributed by atoms with Crippen LogP contribution < -0.4 is 5.32 Å². The Hall–Kier alpha value is -0.180. The summed E-state index contributed by atoms with van der Waals surface area (Å²) in [4.78, 5) is 11.2. The highest BCUT2D eigenvalue weighted by Gasteiger charge is 2.07. The summed E-state index contributed by atoms with van der Waals surface area (Å²) >= 11 is 1.57. The van der Waals surface area contributed by atoms with E-state index in [-0.39, 0.29) is 5.91 Å². The van der Waals surface area contributed by atoms with Crippen LogP contribution >= 0.6 is 11.8 Å². The van der Waals surface area contributed by atoms with Gasteiger partial charge in [-0.1, -0.05) is 20.3 Å². The lowest BCUT2D eigenvalue weighted by atomic mass is 10.1. The molecule has 0 rings (SSSR count). The topological polar surface area (TPSA) is 29.1 Å². The molecule has 0 bridgehead atoms. The van der Waals surface area contributed by atoms with E-state index in [0.717, 1.165) is 19.3 Å². The first kappa shape index (κ1) is 11.8. The second-order valence-corrected chi connectivity index (χ2v) is 3.76. The molecule has 0 aliphatic rings. The Labute approximate surface area is 79.5 Å². The molecule has 0 aromatic carbocycles. The Bertz CT molecular complexity index is 128. The summed E-state index contributed by atoms with van der Waals surface area (Å²) in [6, 6.07) is 0.384. The summed E-state index contributed by atoms with van der Waals surface area (Å²) in [5, 5.41) is 3.01. The number of amides is 1. The van der Waals surface area contributed by atoms with E-state index in [4.69, 9.17) is 0 Å². The third-order valence-corrected chi connectivity index (χ3v) is 2.32. The van der Waals surface area contributed by atoms with Gasteiger partial charge in [0.25, 0.3) is 0 Å². The highest BCUT2D eigenvalue weighted by atomic mass is 32.2. The summed E-state index contributed by atoms with van der Waals surface area (Å²) in [7, 11) is 0. The second kappa shape index (κ2) is 7.47. The lowest BCUT2D eigenvalue weighted by Crippen LogP contribution is -2.35. The van der Waals surface area contributed by atoms with Crippen LogP contribution in [0.2, 0.25) is 0 Å². The van der Waals surface area contributed by atoms with E-state index in [1.54, 1.807) is 11.8 Å². The Kier molecular flexibility index (Phi) is 7.36. The summed E-state index contributed by atoms with van der Waals surface area (Å²) in [6.07, 6.45) is 5.21.